The van der Waals surface area contributed by atoms with E-state index < -0.39 is 0 Å². The molecule has 2 rings (SSSR count). The molecule has 1 aliphatic heterocycles. The van der Waals surface area contributed by atoms with Crippen LogP contribution in [0.3, 0.4) is 0 Å². The van der Waals surface area contributed by atoms with Gasteiger partial charge in [-0.2, -0.15) is 12.6 Å². The average Bonchev–Trinajstić information content (AvgIpc) is 2.57. The van der Waals surface area contributed by atoms with Gasteiger partial charge in [-0.15, -0.1) is 0 Å². The van der Waals surface area contributed by atoms with Crippen molar-refractivity contribution in [1.82, 2.24) is 0 Å². The smallest absolute Gasteiger partial charge is 0.228 e. The summed E-state index contributed by atoms with van der Waals surface area (Å²) in [5.74, 6) is 0.151. The summed E-state index contributed by atoms with van der Waals surface area (Å²) in [5.41, 5.74) is 1.93. The van der Waals surface area contributed by atoms with Crippen molar-refractivity contribution in [3.63, 3.8) is 0 Å². The van der Waals surface area contributed by atoms with Gasteiger partial charge >= 0.3 is 0 Å². The second-order valence-corrected chi connectivity index (χ2v) is 4.36. The van der Waals surface area contributed by atoms with Crippen molar-refractivity contribution in [3.05, 3.63) is 24.3 Å². The highest BCUT2D eigenvalue weighted by atomic mass is 32.1. The molecule has 1 unspecified atom stereocenters. The summed E-state index contributed by atoms with van der Waals surface area (Å²) >= 11 is 4.34. The highest BCUT2D eigenvalue weighted by Crippen LogP contribution is 2.30. The van der Waals surface area contributed by atoms with Crippen molar-refractivity contribution in [2.45, 2.75) is 11.7 Å². The van der Waals surface area contributed by atoms with Crippen LogP contribution in [-0.2, 0) is 4.79 Å². The highest BCUT2D eigenvalue weighted by Gasteiger charge is 2.29. The Bertz CT molecular complexity index is 381. The standard InChI is InChI=1S/C11H14N2OS/c1-12-9-4-2-3-5-10(9)13-7-8(15)6-11(13)14/h2-5,8,12,15H,6-7H2,1H3. The van der Waals surface area contributed by atoms with Gasteiger partial charge in [-0.05, 0) is 12.1 Å². The summed E-state index contributed by atoms with van der Waals surface area (Å²) in [5, 5.41) is 3.24. The number of hydrogen-bond donors (Lipinski definition) is 2. The van der Waals surface area contributed by atoms with Gasteiger partial charge in [0.15, 0.2) is 0 Å². The third kappa shape index (κ3) is 1.95. The lowest BCUT2D eigenvalue weighted by Gasteiger charge is -2.19. The van der Waals surface area contributed by atoms with Gasteiger partial charge in [0.05, 0.1) is 11.4 Å². The topological polar surface area (TPSA) is 32.3 Å². The Labute approximate surface area is 94.9 Å². The molecule has 0 bridgehead atoms. The predicted molar refractivity (Wildman–Crippen MR) is 65.7 cm³/mol. The fourth-order valence-corrected chi connectivity index (χ4v) is 2.16. The fourth-order valence-electron chi connectivity index (χ4n) is 1.84. The molecular weight excluding hydrogens is 208 g/mol. The number of anilines is 2. The van der Waals surface area contributed by atoms with Crippen molar-refractivity contribution < 1.29 is 4.79 Å². The van der Waals surface area contributed by atoms with Crippen LogP contribution in [-0.4, -0.2) is 24.7 Å². The number of amides is 1. The van der Waals surface area contributed by atoms with Crippen LogP contribution in [0.1, 0.15) is 6.42 Å². The maximum absolute atomic E-state index is 11.7. The summed E-state index contributed by atoms with van der Waals surface area (Å²) in [6.45, 7) is 0.695. The summed E-state index contributed by atoms with van der Waals surface area (Å²) in [6.07, 6.45) is 0.529. The monoisotopic (exact) mass is 222 g/mol. The average molecular weight is 222 g/mol. The molecule has 4 heteroatoms. The lowest BCUT2D eigenvalue weighted by Crippen LogP contribution is -2.25. The number of benzene rings is 1. The van der Waals surface area contributed by atoms with Crippen molar-refractivity contribution in [3.8, 4) is 0 Å². The molecule has 80 valence electrons. The number of rotatable bonds is 2. The Hall–Kier alpha value is -1.16. The van der Waals surface area contributed by atoms with Crippen molar-refractivity contribution >= 4 is 29.9 Å². The maximum atomic E-state index is 11.7. The van der Waals surface area contributed by atoms with E-state index in [-0.39, 0.29) is 11.2 Å². The van der Waals surface area contributed by atoms with Crippen LogP contribution in [0.5, 0.6) is 0 Å². The molecule has 0 spiro atoms. The summed E-state index contributed by atoms with van der Waals surface area (Å²) < 4.78 is 0. The fraction of sp³-hybridized carbons (Fsp3) is 0.364. The Morgan fingerprint density at radius 3 is 2.80 bits per heavy atom. The Morgan fingerprint density at radius 1 is 1.47 bits per heavy atom. The Balaban J connectivity index is 2.33. The van der Waals surface area contributed by atoms with E-state index >= 15 is 0 Å². The van der Waals surface area contributed by atoms with Gasteiger partial charge in [-0.25, -0.2) is 0 Å². The van der Waals surface area contributed by atoms with Crippen molar-refractivity contribution in [2.24, 2.45) is 0 Å². The first kappa shape index (κ1) is 10.4. The molecule has 15 heavy (non-hydrogen) atoms. The minimum Gasteiger partial charge on any atom is -0.386 e. The largest absolute Gasteiger partial charge is 0.386 e. The molecule has 1 amide bonds. The number of thiol groups is 1. The molecular formula is C11H14N2OS. The number of nitrogens with one attached hydrogen (secondary N) is 1. The molecule has 1 heterocycles. The van der Waals surface area contributed by atoms with Gasteiger partial charge in [0.2, 0.25) is 5.91 Å². The van der Waals surface area contributed by atoms with Crippen molar-refractivity contribution in [2.75, 3.05) is 23.8 Å². The molecule has 3 nitrogen and oxygen atoms in total. The first-order valence-corrected chi connectivity index (χ1v) is 5.49. The van der Waals surface area contributed by atoms with E-state index in [1.807, 2.05) is 31.3 Å². The van der Waals surface area contributed by atoms with E-state index in [9.17, 15) is 4.79 Å². The molecule has 1 atom stereocenters. The zero-order chi connectivity index (χ0) is 10.8. The van der Waals surface area contributed by atoms with E-state index in [4.69, 9.17) is 0 Å². The number of carbonyl (C=O) groups excluding carboxylic acids is 1. The van der Waals surface area contributed by atoms with Crippen LogP contribution in [0.15, 0.2) is 24.3 Å². The minimum atomic E-state index is 0.151. The minimum absolute atomic E-state index is 0.151. The third-order valence-electron chi connectivity index (χ3n) is 2.57. The van der Waals surface area contributed by atoms with Gasteiger partial charge in [-0.3, -0.25) is 4.79 Å². The summed E-state index contributed by atoms with van der Waals surface area (Å²) in [6, 6.07) is 7.81. The zero-order valence-electron chi connectivity index (χ0n) is 8.60. The number of nitrogens with zero attached hydrogens (tertiary/aromatic N) is 1. The van der Waals surface area contributed by atoms with Crippen LogP contribution in [0.25, 0.3) is 0 Å². The van der Waals surface area contributed by atoms with Crippen LogP contribution in [0.4, 0.5) is 11.4 Å². The second-order valence-electron chi connectivity index (χ2n) is 3.63. The first-order chi connectivity index (χ1) is 7.22. The molecule has 1 aliphatic rings. The van der Waals surface area contributed by atoms with Crippen LogP contribution in [0, 0.1) is 0 Å². The molecule has 1 aromatic carbocycles. The van der Waals surface area contributed by atoms with E-state index in [0.29, 0.717) is 13.0 Å². The van der Waals surface area contributed by atoms with E-state index in [0.717, 1.165) is 11.4 Å². The normalized spacial score (nSPS) is 20.8. The second kappa shape index (κ2) is 4.14. The molecule has 1 N–H and O–H groups in total. The van der Waals surface area contributed by atoms with Crippen LogP contribution in [0.2, 0.25) is 0 Å². The lowest BCUT2D eigenvalue weighted by molar-refractivity contribution is -0.117. The molecule has 0 radical (unpaired) electrons. The van der Waals surface area contributed by atoms with Crippen molar-refractivity contribution in [1.29, 1.82) is 0 Å². The summed E-state index contributed by atoms with van der Waals surface area (Å²) in [7, 11) is 1.86. The predicted octanol–water partition coefficient (Wildman–Crippen LogP) is 1.76. The van der Waals surface area contributed by atoms with Gasteiger partial charge in [-0.1, -0.05) is 12.1 Å². The van der Waals surface area contributed by atoms with Gasteiger partial charge in [0.25, 0.3) is 0 Å². The molecule has 0 aliphatic carbocycles. The number of para-hydroxylation sites is 2. The van der Waals surface area contributed by atoms with Gasteiger partial charge < -0.3 is 10.2 Å². The molecule has 1 fully saturated rings. The third-order valence-corrected chi connectivity index (χ3v) is 2.91. The maximum Gasteiger partial charge on any atom is 0.228 e. The number of carbonyl (C=O) groups is 1. The first-order valence-electron chi connectivity index (χ1n) is 4.97. The summed E-state index contributed by atoms with van der Waals surface area (Å²) in [4.78, 5) is 13.5. The van der Waals surface area contributed by atoms with E-state index in [1.54, 1.807) is 4.90 Å². The SMILES string of the molecule is CNc1ccccc1N1CC(S)CC1=O. The Morgan fingerprint density at radius 2 is 2.20 bits per heavy atom. The molecule has 1 aromatic rings. The zero-order valence-corrected chi connectivity index (χ0v) is 9.50. The van der Waals surface area contributed by atoms with E-state index in [1.165, 1.54) is 0 Å². The van der Waals surface area contributed by atoms with Gasteiger partial charge in [0.1, 0.15) is 0 Å². The molecule has 0 aromatic heterocycles. The quantitative estimate of drug-likeness (QED) is 0.747. The molecule has 1 saturated heterocycles. The van der Waals surface area contributed by atoms with E-state index in [2.05, 4.69) is 17.9 Å². The Kier molecular flexibility index (Phi) is 2.86. The number of hydrogen-bond acceptors (Lipinski definition) is 3. The lowest BCUT2D eigenvalue weighted by atomic mass is 10.2. The highest BCUT2D eigenvalue weighted by molar-refractivity contribution is 7.81. The van der Waals surface area contributed by atoms with Crippen LogP contribution < -0.4 is 10.2 Å². The van der Waals surface area contributed by atoms with Gasteiger partial charge in [0, 0.05) is 25.3 Å². The molecule has 0 saturated carbocycles. The van der Waals surface area contributed by atoms with Crippen LogP contribution >= 0.6 is 12.6 Å².